The number of aromatic nitrogens is 2. The Bertz CT molecular complexity index is 261. The van der Waals surface area contributed by atoms with Gasteiger partial charge in [-0.25, -0.2) is 0 Å². The first-order chi connectivity index (χ1) is 6.83. The van der Waals surface area contributed by atoms with Gasteiger partial charge in [0.15, 0.2) is 5.82 Å². The molecule has 1 heterocycles. The van der Waals surface area contributed by atoms with Gasteiger partial charge in [-0.15, -0.1) is 0 Å². The Morgan fingerprint density at radius 2 is 2.57 bits per heavy atom. The molecule has 0 saturated carbocycles. The van der Waals surface area contributed by atoms with Crippen LogP contribution in [0, 0.1) is 0 Å². The average molecular weight is 199 g/mol. The van der Waals surface area contributed by atoms with E-state index < -0.39 is 0 Å². The molecule has 0 aromatic carbocycles. The Morgan fingerprint density at radius 3 is 3.21 bits per heavy atom. The van der Waals surface area contributed by atoms with Crippen molar-refractivity contribution in [1.29, 1.82) is 0 Å². The van der Waals surface area contributed by atoms with Gasteiger partial charge in [-0.3, -0.25) is 4.79 Å². The Morgan fingerprint density at radius 1 is 1.71 bits per heavy atom. The number of nitrogens with one attached hydrogen (secondary N) is 1. The van der Waals surface area contributed by atoms with E-state index in [1.807, 2.05) is 6.92 Å². The number of carbonyl (C=O) groups excluding carboxylic acids is 1. The molecule has 0 aliphatic heterocycles. The first kappa shape index (κ1) is 10.6. The number of nitrogens with zero attached hydrogens (tertiary/aromatic N) is 2. The fourth-order valence-electron chi connectivity index (χ4n) is 0.808. The summed E-state index contributed by atoms with van der Waals surface area (Å²) >= 11 is 0. The normalized spacial score (nSPS) is 10.1. The van der Waals surface area contributed by atoms with Crippen molar-refractivity contribution in [2.24, 2.45) is 0 Å². The molecule has 14 heavy (non-hydrogen) atoms. The fraction of sp³-hybridized carbons (Fsp3) is 0.625. The minimum Gasteiger partial charge on any atom is -0.372 e. The summed E-state index contributed by atoms with van der Waals surface area (Å²) in [7, 11) is 0. The van der Waals surface area contributed by atoms with Crippen LogP contribution in [0.15, 0.2) is 10.9 Å². The minimum atomic E-state index is -0.178. The highest BCUT2D eigenvalue weighted by molar-refractivity contribution is 5.76. The lowest BCUT2D eigenvalue weighted by atomic mass is 10.5. The van der Waals surface area contributed by atoms with Gasteiger partial charge in [-0.2, -0.15) is 4.98 Å². The van der Waals surface area contributed by atoms with E-state index in [0.29, 0.717) is 12.4 Å². The quantitative estimate of drug-likeness (QED) is 0.658. The molecule has 0 bridgehead atoms. The van der Waals surface area contributed by atoms with Crippen molar-refractivity contribution in [1.82, 2.24) is 15.5 Å². The highest BCUT2D eigenvalue weighted by atomic mass is 16.5. The lowest BCUT2D eigenvalue weighted by Gasteiger charge is -2.02. The molecular weight excluding hydrogens is 186 g/mol. The van der Waals surface area contributed by atoms with E-state index in [1.165, 1.54) is 6.39 Å². The van der Waals surface area contributed by atoms with Crippen LogP contribution in [0.4, 0.5) is 0 Å². The number of ether oxygens (including phenoxy) is 1. The average Bonchev–Trinajstić information content (AvgIpc) is 2.68. The predicted octanol–water partition coefficient (Wildman–Crippen LogP) is 0.112. The standard InChI is InChI=1S/C8H13N3O3/c1-2-3-13-5-8(12)9-4-7-10-6-14-11-7/h6H,2-5H2,1H3,(H,9,12). The second kappa shape index (κ2) is 6.09. The van der Waals surface area contributed by atoms with Gasteiger partial charge in [0.05, 0.1) is 6.54 Å². The Balaban J connectivity index is 2.09. The lowest BCUT2D eigenvalue weighted by molar-refractivity contribution is -0.125. The van der Waals surface area contributed by atoms with Crippen LogP contribution in [0.1, 0.15) is 19.2 Å². The lowest BCUT2D eigenvalue weighted by Crippen LogP contribution is -2.27. The van der Waals surface area contributed by atoms with Crippen molar-refractivity contribution in [2.45, 2.75) is 19.9 Å². The molecule has 0 atom stereocenters. The van der Waals surface area contributed by atoms with Crippen LogP contribution in [-0.4, -0.2) is 29.3 Å². The SMILES string of the molecule is CCCOCC(=O)NCc1ncon1. The molecule has 1 N–H and O–H groups in total. The van der Waals surface area contributed by atoms with Gasteiger partial charge in [0, 0.05) is 6.61 Å². The van der Waals surface area contributed by atoms with Gasteiger partial charge in [0.1, 0.15) is 6.61 Å². The summed E-state index contributed by atoms with van der Waals surface area (Å²) in [4.78, 5) is 14.8. The van der Waals surface area contributed by atoms with E-state index >= 15 is 0 Å². The molecule has 0 spiro atoms. The van der Waals surface area contributed by atoms with Crippen LogP contribution in [0.3, 0.4) is 0 Å². The number of hydrogen-bond donors (Lipinski definition) is 1. The maximum absolute atomic E-state index is 11.1. The van der Waals surface area contributed by atoms with E-state index in [0.717, 1.165) is 6.42 Å². The van der Waals surface area contributed by atoms with E-state index in [1.54, 1.807) is 0 Å². The molecule has 0 unspecified atom stereocenters. The molecule has 6 heteroatoms. The highest BCUT2D eigenvalue weighted by Gasteiger charge is 2.03. The Kier molecular flexibility index (Phi) is 4.63. The van der Waals surface area contributed by atoms with Crippen molar-refractivity contribution in [2.75, 3.05) is 13.2 Å². The third-order valence-electron chi connectivity index (χ3n) is 1.43. The monoisotopic (exact) mass is 199 g/mol. The summed E-state index contributed by atoms with van der Waals surface area (Å²) in [5.74, 6) is 0.275. The zero-order chi connectivity index (χ0) is 10.2. The zero-order valence-corrected chi connectivity index (χ0v) is 8.02. The van der Waals surface area contributed by atoms with Crippen molar-refractivity contribution in [3.05, 3.63) is 12.2 Å². The molecule has 1 amide bonds. The molecule has 1 aromatic rings. The molecule has 1 rings (SSSR count). The molecule has 0 saturated heterocycles. The van der Waals surface area contributed by atoms with Gasteiger partial charge in [-0.1, -0.05) is 12.1 Å². The van der Waals surface area contributed by atoms with Crippen molar-refractivity contribution >= 4 is 5.91 Å². The van der Waals surface area contributed by atoms with Gasteiger partial charge < -0.3 is 14.6 Å². The summed E-state index contributed by atoms with van der Waals surface area (Å²) in [6, 6.07) is 0. The summed E-state index contributed by atoms with van der Waals surface area (Å²) in [5, 5.41) is 6.14. The van der Waals surface area contributed by atoms with Gasteiger partial charge in [0.2, 0.25) is 12.3 Å². The van der Waals surface area contributed by atoms with Crippen LogP contribution in [0.5, 0.6) is 0 Å². The maximum atomic E-state index is 11.1. The minimum absolute atomic E-state index is 0.0751. The van der Waals surface area contributed by atoms with Gasteiger partial charge in [0.25, 0.3) is 0 Å². The van der Waals surface area contributed by atoms with E-state index in [2.05, 4.69) is 20.0 Å². The molecule has 0 aliphatic carbocycles. The van der Waals surface area contributed by atoms with E-state index in [4.69, 9.17) is 4.74 Å². The molecule has 0 aliphatic rings. The second-order valence-corrected chi connectivity index (χ2v) is 2.68. The molecule has 0 radical (unpaired) electrons. The molecule has 78 valence electrons. The summed E-state index contributed by atoms with van der Waals surface area (Å²) in [6.45, 7) is 2.92. The van der Waals surface area contributed by atoms with Gasteiger partial charge >= 0.3 is 0 Å². The first-order valence-electron chi connectivity index (χ1n) is 4.42. The number of carbonyl (C=O) groups is 1. The zero-order valence-electron chi connectivity index (χ0n) is 8.02. The first-order valence-corrected chi connectivity index (χ1v) is 4.42. The highest BCUT2D eigenvalue weighted by Crippen LogP contribution is 1.87. The van der Waals surface area contributed by atoms with Crippen molar-refractivity contribution < 1.29 is 14.1 Å². The number of hydrogen-bond acceptors (Lipinski definition) is 5. The third-order valence-corrected chi connectivity index (χ3v) is 1.43. The van der Waals surface area contributed by atoms with Crippen LogP contribution in [0.2, 0.25) is 0 Å². The van der Waals surface area contributed by atoms with Crippen LogP contribution in [-0.2, 0) is 16.1 Å². The fourth-order valence-corrected chi connectivity index (χ4v) is 0.808. The number of amides is 1. The number of rotatable bonds is 6. The maximum Gasteiger partial charge on any atom is 0.246 e. The van der Waals surface area contributed by atoms with Crippen LogP contribution in [0.25, 0.3) is 0 Å². The Labute approximate surface area is 81.6 Å². The summed E-state index contributed by atoms with van der Waals surface area (Å²) in [6.07, 6.45) is 2.12. The summed E-state index contributed by atoms with van der Waals surface area (Å²) < 4.78 is 9.54. The Hall–Kier alpha value is -1.43. The molecule has 1 aromatic heterocycles. The topological polar surface area (TPSA) is 77.2 Å². The molecule has 6 nitrogen and oxygen atoms in total. The van der Waals surface area contributed by atoms with Crippen LogP contribution < -0.4 is 5.32 Å². The van der Waals surface area contributed by atoms with Crippen molar-refractivity contribution in [3.63, 3.8) is 0 Å². The molecule has 0 fully saturated rings. The smallest absolute Gasteiger partial charge is 0.246 e. The van der Waals surface area contributed by atoms with Crippen LogP contribution >= 0.6 is 0 Å². The van der Waals surface area contributed by atoms with E-state index in [9.17, 15) is 4.79 Å². The third kappa shape index (κ3) is 3.99. The van der Waals surface area contributed by atoms with Gasteiger partial charge in [-0.05, 0) is 6.42 Å². The summed E-state index contributed by atoms with van der Waals surface area (Å²) in [5.41, 5.74) is 0. The second-order valence-electron chi connectivity index (χ2n) is 2.68. The van der Waals surface area contributed by atoms with Crippen molar-refractivity contribution in [3.8, 4) is 0 Å². The largest absolute Gasteiger partial charge is 0.372 e. The predicted molar refractivity (Wildman–Crippen MR) is 47.3 cm³/mol. The molecular formula is C8H13N3O3. The van der Waals surface area contributed by atoms with E-state index in [-0.39, 0.29) is 19.1 Å².